The van der Waals surface area contributed by atoms with E-state index in [1.807, 2.05) is 70.2 Å². The molecule has 0 spiro atoms. The van der Waals surface area contributed by atoms with E-state index in [1.54, 1.807) is 58.6 Å². The zero-order chi connectivity index (χ0) is 60.2. The number of cyclic esters (lactones) is 1. The minimum atomic E-state index is -1.97. The Morgan fingerprint density at radius 2 is 1.16 bits per heavy atom. The summed E-state index contributed by atoms with van der Waals surface area (Å²) in [6.45, 7) is 20.7. The third-order valence-corrected chi connectivity index (χ3v) is 16.6. The maximum atomic E-state index is 15.2. The zero-order valence-electron chi connectivity index (χ0n) is 50.1. The van der Waals surface area contributed by atoms with Crippen molar-refractivity contribution in [2.75, 3.05) is 41.3 Å². The van der Waals surface area contributed by atoms with E-state index in [2.05, 4.69) is 38.5 Å². The molecule has 2 heterocycles. The highest BCUT2D eigenvalue weighted by Gasteiger charge is 2.47. The highest BCUT2D eigenvalue weighted by molar-refractivity contribution is 14.1. The number of ether oxygens (including phenoxy) is 1. The van der Waals surface area contributed by atoms with Crippen LogP contribution in [0.1, 0.15) is 120 Å². The van der Waals surface area contributed by atoms with E-state index in [-0.39, 0.29) is 44.7 Å². The fraction of sp³-hybridized carbons (Fsp3) is 0.650. The van der Waals surface area contributed by atoms with Crippen LogP contribution in [0.2, 0.25) is 0 Å². The van der Waals surface area contributed by atoms with Gasteiger partial charge in [0.15, 0.2) is 12.1 Å². The van der Waals surface area contributed by atoms with Gasteiger partial charge in [0.25, 0.3) is 5.91 Å². The molecule has 19 nitrogen and oxygen atoms in total. The minimum Gasteiger partial charge on any atom is -0.450 e. The number of likely N-dealkylation sites (N-methyl/N-ethyl adjacent to an activating group) is 4. The molecule has 4 rings (SSSR count). The molecule has 11 atom stereocenters. The second-order valence-electron chi connectivity index (χ2n) is 23.9. The van der Waals surface area contributed by atoms with Crippen LogP contribution in [0.25, 0.3) is 0 Å². The molecule has 2 aromatic rings. The summed E-state index contributed by atoms with van der Waals surface area (Å²) in [5, 5.41) is 20.5. The predicted octanol–water partition coefficient (Wildman–Crippen LogP) is 4.83. The molecule has 2 saturated heterocycles. The van der Waals surface area contributed by atoms with Crippen molar-refractivity contribution in [2.45, 2.75) is 176 Å². The molecule has 444 valence electrons. The Bertz CT molecular complexity index is 2500. The van der Waals surface area contributed by atoms with Crippen LogP contribution in [0.4, 0.5) is 0 Å². The van der Waals surface area contributed by atoms with Gasteiger partial charge in [0.05, 0.1) is 11.5 Å². The second kappa shape index (κ2) is 29.4. The number of halogens is 1. The summed E-state index contributed by atoms with van der Waals surface area (Å²) in [4.78, 5) is 140. The highest BCUT2D eigenvalue weighted by atomic mass is 127. The number of fused-ring (bicyclic) bond motifs is 2. The molecule has 2 aliphatic heterocycles. The lowest BCUT2D eigenvalue weighted by atomic mass is 9.93. The molecular weight excluding hydrogens is 1140 g/mol. The maximum Gasteiger partial charge on any atom is 0.332 e. The molecule has 8 amide bonds. The average molecular weight is 1230 g/mol. The third kappa shape index (κ3) is 17.0. The fourth-order valence-electron chi connectivity index (χ4n) is 10.9. The van der Waals surface area contributed by atoms with Gasteiger partial charge in [-0.05, 0) is 103 Å². The molecule has 0 saturated carbocycles. The van der Waals surface area contributed by atoms with Crippen molar-refractivity contribution < 1.29 is 53.0 Å². The third-order valence-electron chi connectivity index (χ3n) is 15.9. The lowest BCUT2D eigenvalue weighted by molar-refractivity contribution is -0.177. The Hall–Kier alpha value is -5.64. The summed E-state index contributed by atoms with van der Waals surface area (Å²) in [6, 6.07) is 7.80. The van der Waals surface area contributed by atoms with E-state index in [4.69, 9.17) is 4.74 Å². The normalized spacial score (nSPS) is 26.3. The Balaban J connectivity index is 1.94. The number of benzene rings is 2. The van der Waals surface area contributed by atoms with Gasteiger partial charge in [-0.3, -0.25) is 38.4 Å². The van der Waals surface area contributed by atoms with Crippen molar-refractivity contribution in [1.82, 2.24) is 40.4 Å². The molecule has 0 aliphatic carbocycles. The summed E-state index contributed by atoms with van der Waals surface area (Å²) in [6.07, 6.45) is -0.249. The van der Waals surface area contributed by atoms with Crippen LogP contribution in [0.15, 0.2) is 54.6 Å². The van der Waals surface area contributed by atoms with Gasteiger partial charge >= 0.3 is 5.97 Å². The van der Waals surface area contributed by atoms with Gasteiger partial charge in [-0.1, -0.05) is 118 Å². The highest BCUT2D eigenvalue weighted by Crippen LogP contribution is 2.27. The molecular formula is C60H91IN8O11. The van der Waals surface area contributed by atoms with E-state index in [1.165, 1.54) is 56.7 Å². The Labute approximate surface area is 488 Å². The van der Waals surface area contributed by atoms with Crippen LogP contribution < -0.4 is 16.0 Å². The first-order valence-corrected chi connectivity index (χ1v) is 29.4. The van der Waals surface area contributed by atoms with Gasteiger partial charge in [0.1, 0.15) is 36.3 Å². The second-order valence-corrected chi connectivity index (χ2v) is 25.2. The molecule has 4 N–H and O–H groups in total. The first-order chi connectivity index (χ1) is 37.4. The van der Waals surface area contributed by atoms with Crippen molar-refractivity contribution in [3.63, 3.8) is 0 Å². The van der Waals surface area contributed by atoms with Crippen LogP contribution in [0, 0.1) is 39.1 Å². The number of nitrogens with one attached hydrogen (secondary N) is 3. The smallest absolute Gasteiger partial charge is 0.332 e. The molecule has 2 aliphatic rings. The molecule has 2 aromatic carbocycles. The zero-order valence-corrected chi connectivity index (χ0v) is 52.2. The fourth-order valence-corrected chi connectivity index (χ4v) is 11.5. The van der Waals surface area contributed by atoms with Gasteiger partial charge in [-0.25, -0.2) is 4.79 Å². The first kappa shape index (κ1) is 66.9. The SMILES string of the molecule is CCC(C)C1NC(=O)C2CCN(C2)C(=O)C(Cc2cccc(I)c2)N(C)C(=O)C(Cc2ccccc2)NC(=O)[C@H](C(C)C)N(C)C(=O)[C@@H](C(C)CC)OC(=O)C(C(C)(C)O)N(C)C(=O)C(CC(C)C)NC(=O)[C@H](C(C)C)N(C)C1=O. The number of amides is 8. The number of aliphatic hydroxyl groups is 1. The molecule has 8 unspecified atom stereocenters. The quantitative estimate of drug-likeness (QED) is 0.157. The van der Waals surface area contributed by atoms with Crippen LogP contribution >= 0.6 is 22.6 Å². The van der Waals surface area contributed by atoms with Crippen LogP contribution in [-0.4, -0.2) is 178 Å². The first-order valence-electron chi connectivity index (χ1n) is 28.3. The number of rotatable bonds is 13. The predicted molar refractivity (Wildman–Crippen MR) is 314 cm³/mol. The summed E-state index contributed by atoms with van der Waals surface area (Å²) in [5.74, 6) is -9.00. The van der Waals surface area contributed by atoms with Gasteiger partial charge in [-0.15, -0.1) is 0 Å². The van der Waals surface area contributed by atoms with Crippen molar-refractivity contribution in [2.24, 2.45) is 35.5 Å². The van der Waals surface area contributed by atoms with Gasteiger partial charge in [-0.2, -0.15) is 0 Å². The molecule has 0 radical (unpaired) electrons. The summed E-state index contributed by atoms with van der Waals surface area (Å²) >= 11 is 2.18. The van der Waals surface area contributed by atoms with Crippen molar-refractivity contribution in [1.29, 1.82) is 0 Å². The Kier molecular flexibility index (Phi) is 24.5. The lowest BCUT2D eigenvalue weighted by Gasteiger charge is -2.39. The summed E-state index contributed by atoms with van der Waals surface area (Å²) in [7, 11) is 5.71. The Morgan fingerprint density at radius 1 is 0.625 bits per heavy atom. The number of carbonyl (C=O) groups is 9. The standard InChI is InChI=1S/C60H91IN8O11/c1-17-37(9)46-57(76)66(14)47(35(5)6)52(71)62-43(29-34(3)4)55(74)68(16)50(60(11,12)79)59(78)80-49(38(10)18-2)58(77)67(15)48(36(7)8)53(72)63-44(31-39-23-20-19-21-24-39)54(73)65(13)45(32-40-25-22-26-42(61)30-40)56(75)69-28-27-41(33-69)51(70)64-46/h19-26,30,34-38,41,43-50,79H,17-18,27-29,31-33H2,1-16H3,(H,62,71)(H,63,72)(H,64,70)/t37?,38?,41?,43?,44?,45?,46?,47-,48-,49+,50?/m0/s1. The van der Waals surface area contributed by atoms with Crippen LogP contribution in [0.3, 0.4) is 0 Å². The van der Waals surface area contributed by atoms with Gasteiger partial charge in [0.2, 0.25) is 41.4 Å². The molecule has 2 bridgehead atoms. The van der Waals surface area contributed by atoms with E-state index in [0.29, 0.717) is 18.4 Å². The number of hydrogen-bond donors (Lipinski definition) is 4. The molecule has 0 aromatic heterocycles. The topological polar surface area (TPSA) is 235 Å². The van der Waals surface area contributed by atoms with Crippen LogP contribution in [-0.2, 0) is 60.7 Å². The van der Waals surface area contributed by atoms with E-state index in [0.717, 1.165) is 14.0 Å². The number of hydrogen-bond acceptors (Lipinski definition) is 11. The summed E-state index contributed by atoms with van der Waals surface area (Å²) < 4.78 is 7.01. The number of esters is 1. The van der Waals surface area contributed by atoms with Crippen LogP contribution in [0.5, 0.6) is 0 Å². The van der Waals surface area contributed by atoms with Crippen molar-refractivity contribution in [3.8, 4) is 0 Å². The molecule has 20 heteroatoms. The average Bonchev–Trinajstić information content (AvgIpc) is 3.89. The largest absolute Gasteiger partial charge is 0.450 e. The van der Waals surface area contributed by atoms with Crippen molar-refractivity contribution >= 4 is 75.8 Å². The number of nitrogens with zero attached hydrogens (tertiary/aromatic N) is 5. The minimum absolute atomic E-state index is 0.00853. The van der Waals surface area contributed by atoms with Gasteiger partial charge < -0.3 is 50.3 Å². The van der Waals surface area contributed by atoms with E-state index >= 15 is 9.59 Å². The monoisotopic (exact) mass is 1230 g/mol. The Morgan fingerprint density at radius 3 is 1.69 bits per heavy atom. The maximum absolute atomic E-state index is 15.2. The molecule has 80 heavy (non-hydrogen) atoms. The van der Waals surface area contributed by atoms with E-state index in [9.17, 15) is 38.7 Å². The molecule has 2 fully saturated rings. The lowest BCUT2D eigenvalue weighted by Crippen LogP contribution is -2.63. The van der Waals surface area contributed by atoms with Crippen molar-refractivity contribution in [3.05, 3.63) is 69.3 Å². The number of carbonyl (C=O) groups excluding carboxylic acids is 9. The summed E-state index contributed by atoms with van der Waals surface area (Å²) in [5.41, 5.74) is -0.499. The van der Waals surface area contributed by atoms with Gasteiger partial charge in [0, 0.05) is 63.6 Å². The van der Waals surface area contributed by atoms with E-state index < -0.39 is 137 Å².